The predicted molar refractivity (Wildman–Crippen MR) is 90.3 cm³/mol. The van der Waals surface area contributed by atoms with Crippen LogP contribution in [-0.2, 0) is 0 Å². The van der Waals surface area contributed by atoms with Crippen LogP contribution in [-0.4, -0.2) is 6.04 Å². The fraction of sp³-hybridized carbons (Fsp3) is 0.222. The Morgan fingerprint density at radius 1 is 0.950 bits per heavy atom. The minimum atomic E-state index is 0. The van der Waals surface area contributed by atoms with Gasteiger partial charge in [-0.2, -0.15) is 0 Å². The minimum absolute atomic E-state index is 0. The van der Waals surface area contributed by atoms with Crippen LogP contribution < -0.4 is 5.73 Å². The fourth-order valence-electron chi connectivity index (χ4n) is 2.25. The Morgan fingerprint density at radius 3 is 1.75 bits per heavy atom. The lowest BCUT2D eigenvalue weighted by atomic mass is 9.94. The van der Waals surface area contributed by atoms with Crippen molar-refractivity contribution in [3.05, 3.63) is 76.9 Å². The molecule has 0 bridgehead atoms. The van der Waals surface area contributed by atoms with E-state index < -0.39 is 0 Å². The van der Waals surface area contributed by atoms with Gasteiger partial charge in [-0.1, -0.05) is 65.7 Å². The van der Waals surface area contributed by atoms with E-state index in [1.807, 2.05) is 6.92 Å². The summed E-state index contributed by atoms with van der Waals surface area (Å²) in [6, 6.07) is 17.1. The Kier molecular flexibility index (Phi) is 6.00. The Balaban J connectivity index is 0.00000200. The van der Waals surface area contributed by atoms with E-state index >= 15 is 0 Å². The molecular formula is C18H22ClN. The van der Waals surface area contributed by atoms with Crippen molar-refractivity contribution in [1.29, 1.82) is 0 Å². The van der Waals surface area contributed by atoms with Gasteiger partial charge in [-0.05, 0) is 37.5 Å². The maximum absolute atomic E-state index is 5.97. The number of hydrogen-bond acceptors (Lipinski definition) is 1. The van der Waals surface area contributed by atoms with Crippen LogP contribution in [0.2, 0.25) is 0 Å². The third kappa shape index (κ3) is 4.22. The molecule has 0 spiro atoms. The average molecular weight is 288 g/mol. The smallest absolute Gasteiger partial charge is 0.0204 e. The summed E-state index contributed by atoms with van der Waals surface area (Å²) >= 11 is 0. The largest absolute Gasteiger partial charge is 0.325 e. The van der Waals surface area contributed by atoms with Gasteiger partial charge in [-0.25, -0.2) is 0 Å². The molecular weight excluding hydrogens is 266 g/mol. The van der Waals surface area contributed by atoms with Crippen molar-refractivity contribution in [2.45, 2.75) is 26.8 Å². The van der Waals surface area contributed by atoms with Gasteiger partial charge >= 0.3 is 0 Å². The van der Waals surface area contributed by atoms with Crippen molar-refractivity contribution in [3.8, 4) is 0 Å². The molecule has 2 aromatic rings. The fourth-order valence-corrected chi connectivity index (χ4v) is 2.25. The van der Waals surface area contributed by atoms with E-state index in [-0.39, 0.29) is 18.4 Å². The van der Waals surface area contributed by atoms with Gasteiger partial charge in [0.1, 0.15) is 0 Å². The van der Waals surface area contributed by atoms with E-state index in [1.165, 1.54) is 27.8 Å². The highest BCUT2D eigenvalue weighted by atomic mass is 35.5. The van der Waals surface area contributed by atoms with Gasteiger partial charge in [-0.15, -0.1) is 12.4 Å². The lowest BCUT2D eigenvalue weighted by Gasteiger charge is -2.12. The maximum atomic E-state index is 5.97. The molecule has 0 aliphatic carbocycles. The highest BCUT2D eigenvalue weighted by Gasteiger charge is 2.06. The van der Waals surface area contributed by atoms with Crippen molar-refractivity contribution in [2.24, 2.45) is 5.73 Å². The molecule has 0 aliphatic heterocycles. The van der Waals surface area contributed by atoms with Gasteiger partial charge in [0.15, 0.2) is 0 Å². The highest BCUT2D eigenvalue weighted by Crippen LogP contribution is 2.25. The average Bonchev–Trinajstić information content (AvgIpc) is 2.35. The van der Waals surface area contributed by atoms with Crippen molar-refractivity contribution in [1.82, 2.24) is 0 Å². The third-order valence-electron chi connectivity index (χ3n) is 3.09. The Bertz CT molecular complexity index is 552. The molecule has 2 rings (SSSR count). The van der Waals surface area contributed by atoms with E-state index in [9.17, 15) is 0 Å². The van der Waals surface area contributed by atoms with Crippen LogP contribution in [0.5, 0.6) is 0 Å². The second kappa shape index (κ2) is 7.28. The summed E-state index contributed by atoms with van der Waals surface area (Å²) in [6.07, 6.45) is 2.13. The van der Waals surface area contributed by atoms with Crippen LogP contribution in [0, 0.1) is 13.8 Å². The number of aryl methyl sites for hydroxylation is 2. The normalized spacial score (nSPS) is 11.4. The first-order valence-electron chi connectivity index (χ1n) is 6.68. The van der Waals surface area contributed by atoms with Crippen LogP contribution in [0.3, 0.4) is 0 Å². The van der Waals surface area contributed by atoms with Crippen LogP contribution in [0.4, 0.5) is 0 Å². The van der Waals surface area contributed by atoms with Crippen molar-refractivity contribution in [2.75, 3.05) is 0 Å². The summed E-state index contributed by atoms with van der Waals surface area (Å²) in [5.41, 5.74) is 12.2. The molecule has 2 aromatic carbocycles. The molecule has 0 fully saturated rings. The van der Waals surface area contributed by atoms with Gasteiger partial charge in [0.2, 0.25) is 0 Å². The van der Waals surface area contributed by atoms with Crippen molar-refractivity contribution in [3.63, 3.8) is 0 Å². The molecule has 1 unspecified atom stereocenters. The second-order valence-electron chi connectivity index (χ2n) is 5.18. The molecule has 0 amide bonds. The zero-order chi connectivity index (χ0) is 13.8. The number of benzene rings is 2. The standard InChI is InChI=1S/C18H21N.ClH/c1-13-6-4-8-16(10-13)18(12-15(3)19)17-9-5-7-14(2)11-17;/h4-12,15H,19H2,1-3H3;1H. The lowest BCUT2D eigenvalue weighted by Crippen LogP contribution is -2.11. The molecule has 2 N–H and O–H groups in total. The predicted octanol–water partition coefficient (Wildman–Crippen LogP) is 4.50. The molecule has 1 atom stereocenters. The van der Waals surface area contributed by atoms with E-state index in [2.05, 4.69) is 68.5 Å². The van der Waals surface area contributed by atoms with E-state index in [4.69, 9.17) is 5.73 Å². The molecule has 0 aliphatic rings. The molecule has 0 saturated carbocycles. The summed E-state index contributed by atoms with van der Waals surface area (Å²) in [4.78, 5) is 0. The van der Waals surface area contributed by atoms with Crippen LogP contribution in [0.1, 0.15) is 29.2 Å². The Morgan fingerprint density at radius 2 is 1.40 bits per heavy atom. The van der Waals surface area contributed by atoms with Crippen molar-refractivity contribution < 1.29 is 0 Å². The summed E-state index contributed by atoms with van der Waals surface area (Å²) in [5, 5.41) is 0. The SMILES string of the molecule is Cc1cccc(C(=CC(C)N)c2cccc(C)c2)c1.Cl. The molecule has 106 valence electrons. The summed E-state index contributed by atoms with van der Waals surface area (Å²) < 4.78 is 0. The first kappa shape index (κ1) is 16.5. The van der Waals surface area contributed by atoms with Gasteiger partial charge in [0.05, 0.1) is 0 Å². The molecule has 2 heteroatoms. The number of halogens is 1. The summed E-state index contributed by atoms with van der Waals surface area (Å²) in [7, 11) is 0. The Labute approximate surface area is 127 Å². The first-order valence-corrected chi connectivity index (χ1v) is 6.68. The molecule has 0 saturated heterocycles. The highest BCUT2D eigenvalue weighted by molar-refractivity contribution is 5.85. The van der Waals surface area contributed by atoms with Crippen molar-refractivity contribution >= 4 is 18.0 Å². The van der Waals surface area contributed by atoms with E-state index in [0.717, 1.165) is 0 Å². The van der Waals surface area contributed by atoms with Crippen LogP contribution in [0.15, 0.2) is 54.6 Å². The number of hydrogen-bond donors (Lipinski definition) is 1. The molecule has 0 radical (unpaired) electrons. The third-order valence-corrected chi connectivity index (χ3v) is 3.09. The topological polar surface area (TPSA) is 26.0 Å². The maximum Gasteiger partial charge on any atom is 0.0204 e. The lowest BCUT2D eigenvalue weighted by molar-refractivity contribution is 0.927. The zero-order valence-corrected chi connectivity index (χ0v) is 13.1. The van der Waals surface area contributed by atoms with Gasteiger partial charge in [0.25, 0.3) is 0 Å². The molecule has 20 heavy (non-hydrogen) atoms. The number of rotatable bonds is 3. The molecule has 1 nitrogen and oxygen atoms in total. The quantitative estimate of drug-likeness (QED) is 0.883. The van der Waals surface area contributed by atoms with Gasteiger partial charge in [-0.3, -0.25) is 0 Å². The zero-order valence-electron chi connectivity index (χ0n) is 12.3. The van der Waals surface area contributed by atoms with E-state index in [1.54, 1.807) is 0 Å². The minimum Gasteiger partial charge on any atom is -0.325 e. The molecule has 0 aromatic heterocycles. The summed E-state index contributed by atoms with van der Waals surface area (Å²) in [6.45, 7) is 6.23. The molecule has 0 heterocycles. The number of nitrogens with two attached hydrogens (primary N) is 1. The van der Waals surface area contributed by atoms with Gasteiger partial charge in [0, 0.05) is 6.04 Å². The Hall–Kier alpha value is -1.57. The first-order chi connectivity index (χ1) is 9.06. The van der Waals surface area contributed by atoms with Crippen LogP contribution >= 0.6 is 12.4 Å². The van der Waals surface area contributed by atoms with Gasteiger partial charge < -0.3 is 5.73 Å². The summed E-state index contributed by atoms with van der Waals surface area (Å²) in [5.74, 6) is 0. The second-order valence-corrected chi connectivity index (χ2v) is 5.18. The monoisotopic (exact) mass is 287 g/mol. The van der Waals surface area contributed by atoms with Crippen LogP contribution in [0.25, 0.3) is 5.57 Å². The van der Waals surface area contributed by atoms with E-state index in [0.29, 0.717) is 0 Å².